The van der Waals surface area contributed by atoms with E-state index in [0.717, 1.165) is 44.8 Å². The molecule has 1 atom stereocenters. The molecule has 2 amide bonds. The second-order valence-electron chi connectivity index (χ2n) is 7.35. The zero-order valence-electron chi connectivity index (χ0n) is 15.9. The molecule has 2 aliphatic heterocycles. The van der Waals surface area contributed by atoms with Gasteiger partial charge in [-0.3, -0.25) is 19.4 Å². The van der Waals surface area contributed by atoms with E-state index in [1.165, 1.54) is 4.88 Å². The van der Waals surface area contributed by atoms with E-state index in [-0.39, 0.29) is 18.2 Å². The quantitative estimate of drug-likeness (QED) is 0.791. The van der Waals surface area contributed by atoms with Gasteiger partial charge in [0.25, 0.3) is 0 Å². The van der Waals surface area contributed by atoms with Crippen molar-refractivity contribution in [2.24, 2.45) is 0 Å². The number of rotatable bonds is 6. The first-order valence-corrected chi connectivity index (χ1v) is 10.6. The van der Waals surface area contributed by atoms with E-state index >= 15 is 0 Å². The van der Waals surface area contributed by atoms with Crippen LogP contribution in [0.5, 0.6) is 0 Å². The van der Waals surface area contributed by atoms with Crippen molar-refractivity contribution >= 4 is 23.2 Å². The molecule has 0 bridgehead atoms. The van der Waals surface area contributed by atoms with Crippen molar-refractivity contribution in [3.8, 4) is 0 Å². The van der Waals surface area contributed by atoms with Crippen LogP contribution in [-0.2, 0) is 22.7 Å². The highest BCUT2D eigenvalue weighted by atomic mass is 32.1. The van der Waals surface area contributed by atoms with Crippen LogP contribution in [0.3, 0.4) is 0 Å². The van der Waals surface area contributed by atoms with Crippen LogP contribution in [0, 0.1) is 0 Å². The van der Waals surface area contributed by atoms with Crippen LogP contribution in [0.15, 0.2) is 40.5 Å². The fourth-order valence-corrected chi connectivity index (χ4v) is 4.61. The molecule has 1 N–H and O–H groups in total. The molecule has 4 rings (SSSR count). The van der Waals surface area contributed by atoms with Crippen LogP contribution in [0.4, 0.5) is 0 Å². The molecule has 28 heavy (non-hydrogen) atoms. The second kappa shape index (κ2) is 8.89. The van der Waals surface area contributed by atoms with Gasteiger partial charge in [-0.15, -0.1) is 11.3 Å². The SMILES string of the molecule is O=C1NCCN(Cc2ccoc2)C1CC(=O)N1CCN(Cc2cccs2)CC1. The average molecular weight is 403 g/mol. The number of nitrogens with zero attached hydrogens (tertiary/aromatic N) is 3. The maximum Gasteiger partial charge on any atom is 0.237 e. The summed E-state index contributed by atoms with van der Waals surface area (Å²) in [7, 11) is 0. The van der Waals surface area contributed by atoms with Crippen molar-refractivity contribution in [2.45, 2.75) is 25.6 Å². The largest absolute Gasteiger partial charge is 0.472 e. The van der Waals surface area contributed by atoms with E-state index in [9.17, 15) is 9.59 Å². The number of amides is 2. The molecule has 2 aliphatic rings. The monoisotopic (exact) mass is 402 g/mol. The van der Waals surface area contributed by atoms with Crippen molar-refractivity contribution in [1.29, 1.82) is 0 Å². The summed E-state index contributed by atoms with van der Waals surface area (Å²) in [6, 6.07) is 5.71. The Labute approximate surface area is 168 Å². The highest BCUT2D eigenvalue weighted by molar-refractivity contribution is 7.09. The molecule has 150 valence electrons. The molecule has 4 heterocycles. The number of hydrogen-bond acceptors (Lipinski definition) is 6. The molecular weight excluding hydrogens is 376 g/mol. The van der Waals surface area contributed by atoms with E-state index in [1.54, 1.807) is 23.9 Å². The van der Waals surface area contributed by atoms with Crippen LogP contribution in [0.2, 0.25) is 0 Å². The van der Waals surface area contributed by atoms with Crippen LogP contribution < -0.4 is 5.32 Å². The molecule has 0 radical (unpaired) electrons. The normalized spacial score (nSPS) is 21.6. The third-order valence-electron chi connectivity index (χ3n) is 5.46. The Morgan fingerprint density at radius 2 is 2.04 bits per heavy atom. The lowest BCUT2D eigenvalue weighted by Crippen LogP contribution is -2.57. The number of carbonyl (C=O) groups excluding carboxylic acids is 2. The Morgan fingerprint density at radius 1 is 1.18 bits per heavy atom. The predicted molar refractivity (Wildman–Crippen MR) is 107 cm³/mol. The van der Waals surface area contributed by atoms with E-state index in [1.807, 2.05) is 11.0 Å². The fourth-order valence-electron chi connectivity index (χ4n) is 3.86. The molecule has 0 spiro atoms. The molecule has 8 heteroatoms. The molecule has 1 unspecified atom stereocenters. The van der Waals surface area contributed by atoms with Crippen LogP contribution in [0.25, 0.3) is 0 Å². The Bertz CT molecular complexity index is 769. The van der Waals surface area contributed by atoms with Crippen LogP contribution in [-0.4, -0.2) is 71.8 Å². The van der Waals surface area contributed by atoms with Gasteiger partial charge in [-0.1, -0.05) is 6.07 Å². The summed E-state index contributed by atoms with van der Waals surface area (Å²) in [6.07, 6.45) is 3.56. The molecular formula is C20H26N4O3S. The highest BCUT2D eigenvalue weighted by Crippen LogP contribution is 2.17. The summed E-state index contributed by atoms with van der Waals surface area (Å²) in [5.74, 6) is 0.00874. The lowest BCUT2D eigenvalue weighted by Gasteiger charge is -2.38. The van der Waals surface area contributed by atoms with Gasteiger partial charge in [0.05, 0.1) is 25.0 Å². The van der Waals surface area contributed by atoms with E-state index < -0.39 is 6.04 Å². The first-order chi connectivity index (χ1) is 13.7. The minimum atomic E-state index is -0.416. The first kappa shape index (κ1) is 19.2. The molecule has 0 aromatic carbocycles. The lowest BCUT2D eigenvalue weighted by atomic mass is 10.1. The molecule has 7 nitrogen and oxygen atoms in total. The lowest BCUT2D eigenvalue weighted by molar-refractivity contribution is -0.140. The summed E-state index contributed by atoms with van der Waals surface area (Å²) in [5.41, 5.74) is 1.02. The Hall–Kier alpha value is -2.16. The van der Waals surface area contributed by atoms with E-state index in [0.29, 0.717) is 13.1 Å². The zero-order valence-corrected chi connectivity index (χ0v) is 16.7. The number of carbonyl (C=O) groups is 2. The first-order valence-electron chi connectivity index (χ1n) is 9.74. The summed E-state index contributed by atoms with van der Waals surface area (Å²) < 4.78 is 5.14. The third-order valence-corrected chi connectivity index (χ3v) is 6.32. The van der Waals surface area contributed by atoms with Crippen LogP contribution >= 0.6 is 11.3 Å². The zero-order chi connectivity index (χ0) is 19.3. The molecule has 2 aromatic rings. The fraction of sp³-hybridized carbons (Fsp3) is 0.500. The van der Waals surface area contributed by atoms with Crippen molar-refractivity contribution < 1.29 is 14.0 Å². The van der Waals surface area contributed by atoms with Gasteiger partial charge in [0.2, 0.25) is 11.8 Å². The number of thiophene rings is 1. The van der Waals surface area contributed by atoms with Crippen molar-refractivity contribution in [3.05, 3.63) is 46.5 Å². The van der Waals surface area contributed by atoms with Crippen molar-refractivity contribution in [1.82, 2.24) is 20.0 Å². The van der Waals surface area contributed by atoms with Gasteiger partial charge in [-0.2, -0.15) is 0 Å². The van der Waals surface area contributed by atoms with E-state index in [2.05, 4.69) is 32.6 Å². The molecule has 0 aliphatic carbocycles. The minimum Gasteiger partial charge on any atom is -0.472 e. The maximum atomic E-state index is 12.9. The van der Waals surface area contributed by atoms with Gasteiger partial charge in [-0.25, -0.2) is 0 Å². The summed E-state index contributed by atoms with van der Waals surface area (Å²) in [4.78, 5) is 33.0. The van der Waals surface area contributed by atoms with Gasteiger partial charge in [0.1, 0.15) is 0 Å². The number of piperazine rings is 2. The van der Waals surface area contributed by atoms with Gasteiger partial charge in [0, 0.05) is 62.8 Å². The number of furan rings is 1. The topological polar surface area (TPSA) is 69.0 Å². The average Bonchev–Trinajstić information content (AvgIpc) is 3.39. The molecule has 0 saturated carbocycles. The van der Waals surface area contributed by atoms with Gasteiger partial charge < -0.3 is 14.6 Å². The highest BCUT2D eigenvalue weighted by Gasteiger charge is 2.33. The standard InChI is InChI=1S/C20H26N4O3S/c25-19(23-8-6-22(7-9-23)14-17-2-1-11-28-17)12-18-20(26)21-4-5-24(18)13-16-3-10-27-15-16/h1-3,10-11,15,18H,4-9,12-14H2,(H,21,26). The minimum absolute atomic E-state index is 0.0561. The van der Waals surface area contributed by atoms with Gasteiger partial charge in [-0.05, 0) is 17.5 Å². The Morgan fingerprint density at radius 3 is 2.75 bits per heavy atom. The predicted octanol–water partition coefficient (Wildman–Crippen LogP) is 1.38. The van der Waals surface area contributed by atoms with Crippen molar-refractivity contribution in [3.63, 3.8) is 0 Å². The summed E-state index contributed by atoms with van der Waals surface area (Å²) in [5, 5.41) is 5.00. The third kappa shape index (κ3) is 4.63. The molecule has 2 fully saturated rings. The number of hydrogen-bond donors (Lipinski definition) is 1. The molecule has 2 saturated heterocycles. The molecule has 2 aromatic heterocycles. The summed E-state index contributed by atoms with van der Waals surface area (Å²) >= 11 is 1.77. The maximum absolute atomic E-state index is 12.9. The van der Waals surface area contributed by atoms with E-state index in [4.69, 9.17) is 4.42 Å². The Kier molecular flexibility index (Phi) is 6.09. The Balaban J connectivity index is 1.31. The van der Waals surface area contributed by atoms with Crippen molar-refractivity contribution in [2.75, 3.05) is 39.3 Å². The van der Waals surface area contributed by atoms with Gasteiger partial charge >= 0.3 is 0 Å². The van der Waals surface area contributed by atoms with Crippen LogP contribution in [0.1, 0.15) is 16.9 Å². The number of nitrogens with one attached hydrogen (secondary N) is 1. The van der Waals surface area contributed by atoms with Gasteiger partial charge in [0.15, 0.2) is 0 Å². The smallest absolute Gasteiger partial charge is 0.237 e. The summed E-state index contributed by atoms with van der Waals surface area (Å²) in [6.45, 7) is 6.12. The second-order valence-corrected chi connectivity index (χ2v) is 8.38.